The number of aromatic nitrogens is 3. The lowest BCUT2D eigenvalue weighted by atomic mass is 10.1. The quantitative estimate of drug-likeness (QED) is 0.541. The highest BCUT2D eigenvalue weighted by Crippen LogP contribution is 2.42. The Kier molecular flexibility index (Phi) is 5.59. The largest absolute Gasteiger partial charge is 0.467 e. The van der Waals surface area contributed by atoms with Crippen LogP contribution < -0.4 is 0 Å². The third-order valence-electron chi connectivity index (χ3n) is 5.45. The van der Waals surface area contributed by atoms with Crippen molar-refractivity contribution in [3.8, 4) is 0 Å². The van der Waals surface area contributed by atoms with E-state index in [-0.39, 0.29) is 11.2 Å². The summed E-state index contributed by atoms with van der Waals surface area (Å²) in [6.07, 6.45) is 3.95. The highest BCUT2D eigenvalue weighted by atomic mass is 32.2. The molecule has 1 aromatic carbocycles. The van der Waals surface area contributed by atoms with E-state index in [9.17, 15) is 4.79 Å². The van der Waals surface area contributed by atoms with Crippen LogP contribution in [-0.4, -0.2) is 51.9 Å². The SMILES string of the molecule is O=C([C@@H](Sc1nnc(C2CC2)n1Cc1ccco1)c1ccccc1)N1CCOCC1. The topological polar surface area (TPSA) is 73.4 Å². The molecule has 0 unspecified atom stereocenters. The van der Waals surface area contributed by atoms with Gasteiger partial charge in [-0.05, 0) is 30.5 Å². The lowest BCUT2D eigenvalue weighted by Gasteiger charge is -2.30. The second-order valence-electron chi connectivity index (χ2n) is 7.63. The third-order valence-corrected chi connectivity index (χ3v) is 6.68. The van der Waals surface area contributed by atoms with Gasteiger partial charge >= 0.3 is 0 Å². The number of benzene rings is 1. The molecule has 7 nitrogen and oxygen atoms in total. The van der Waals surface area contributed by atoms with E-state index in [1.165, 1.54) is 11.8 Å². The average Bonchev–Trinajstić information content (AvgIpc) is 3.37. The average molecular weight is 425 g/mol. The van der Waals surface area contributed by atoms with Crippen LogP contribution in [0, 0.1) is 0 Å². The minimum atomic E-state index is -0.379. The van der Waals surface area contributed by atoms with Gasteiger partial charge in [-0.3, -0.25) is 9.36 Å². The summed E-state index contributed by atoms with van der Waals surface area (Å²) in [6, 6.07) is 13.8. The minimum Gasteiger partial charge on any atom is -0.467 e. The van der Waals surface area contributed by atoms with Crippen molar-refractivity contribution in [1.29, 1.82) is 0 Å². The summed E-state index contributed by atoms with van der Waals surface area (Å²) in [5, 5.41) is 9.35. The summed E-state index contributed by atoms with van der Waals surface area (Å²) >= 11 is 1.47. The Hall–Kier alpha value is -2.58. The van der Waals surface area contributed by atoms with Crippen LogP contribution in [0.3, 0.4) is 0 Å². The lowest BCUT2D eigenvalue weighted by Crippen LogP contribution is -2.42. The molecule has 1 aliphatic carbocycles. The second-order valence-corrected chi connectivity index (χ2v) is 8.70. The smallest absolute Gasteiger partial charge is 0.240 e. The molecule has 8 heteroatoms. The molecule has 0 spiro atoms. The summed E-state index contributed by atoms with van der Waals surface area (Å²) < 4.78 is 13.1. The maximum atomic E-state index is 13.5. The molecular weight excluding hydrogens is 400 g/mol. The third kappa shape index (κ3) is 4.15. The molecule has 2 aromatic heterocycles. The van der Waals surface area contributed by atoms with Gasteiger partial charge in [-0.15, -0.1) is 10.2 Å². The highest BCUT2D eigenvalue weighted by molar-refractivity contribution is 8.00. The minimum absolute atomic E-state index is 0.0926. The summed E-state index contributed by atoms with van der Waals surface area (Å²) in [6.45, 7) is 2.97. The molecule has 1 saturated carbocycles. The van der Waals surface area contributed by atoms with Crippen molar-refractivity contribution in [2.24, 2.45) is 0 Å². The highest BCUT2D eigenvalue weighted by Gasteiger charge is 2.34. The normalized spacial score (nSPS) is 17.8. The van der Waals surface area contributed by atoms with Crippen LogP contribution in [0.1, 0.15) is 41.2 Å². The van der Waals surface area contributed by atoms with Crippen LogP contribution in [0.15, 0.2) is 58.3 Å². The first-order chi connectivity index (χ1) is 14.8. The number of hydrogen-bond acceptors (Lipinski definition) is 6. The Balaban J connectivity index is 1.46. The Morgan fingerprint density at radius 3 is 2.60 bits per heavy atom. The zero-order chi connectivity index (χ0) is 20.3. The van der Waals surface area contributed by atoms with Gasteiger partial charge in [-0.25, -0.2) is 0 Å². The van der Waals surface area contributed by atoms with Gasteiger partial charge < -0.3 is 14.1 Å². The molecule has 2 fully saturated rings. The van der Waals surface area contributed by atoms with Crippen LogP contribution in [0.4, 0.5) is 0 Å². The number of hydrogen-bond donors (Lipinski definition) is 0. The van der Waals surface area contributed by atoms with Crippen molar-refractivity contribution in [2.45, 2.75) is 35.7 Å². The first kappa shape index (κ1) is 19.4. The van der Waals surface area contributed by atoms with Gasteiger partial charge in [-0.1, -0.05) is 42.1 Å². The van der Waals surface area contributed by atoms with Crippen molar-refractivity contribution in [1.82, 2.24) is 19.7 Å². The number of nitrogens with zero attached hydrogens (tertiary/aromatic N) is 4. The van der Waals surface area contributed by atoms with Crippen molar-refractivity contribution >= 4 is 17.7 Å². The molecule has 1 saturated heterocycles. The van der Waals surface area contributed by atoms with E-state index >= 15 is 0 Å². The molecule has 1 amide bonds. The molecule has 5 rings (SSSR count). The van der Waals surface area contributed by atoms with Crippen molar-refractivity contribution in [3.63, 3.8) is 0 Å². The Labute approximate surface area is 179 Å². The van der Waals surface area contributed by atoms with Gasteiger partial charge in [0.1, 0.15) is 16.8 Å². The van der Waals surface area contributed by atoms with E-state index in [1.54, 1.807) is 6.26 Å². The number of rotatable bonds is 7. The number of morpholine rings is 1. The molecule has 0 radical (unpaired) electrons. The lowest BCUT2D eigenvalue weighted by molar-refractivity contribution is -0.134. The molecular formula is C22H24N4O3S. The number of ether oxygens (including phenoxy) is 1. The van der Waals surface area contributed by atoms with Gasteiger partial charge in [0.15, 0.2) is 5.16 Å². The van der Waals surface area contributed by atoms with Crippen molar-refractivity contribution < 1.29 is 13.9 Å². The maximum absolute atomic E-state index is 13.5. The van der Waals surface area contributed by atoms with Gasteiger partial charge in [0, 0.05) is 19.0 Å². The van der Waals surface area contributed by atoms with E-state index < -0.39 is 0 Å². The van der Waals surface area contributed by atoms with E-state index in [0.717, 1.165) is 35.1 Å². The molecule has 2 aliphatic rings. The molecule has 1 atom stereocenters. The van der Waals surface area contributed by atoms with Crippen LogP contribution >= 0.6 is 11.8 Å². The Morgan fingerprint density at radius 1 is 1.10 bits per heavy atom. The van der Waals surface area contributed by atoms with Crippen LogP contribution in [0.5, 0.6) is 0 Å². The molecule has 3 heterocycles. The van der Waals surface area contributed by atoms with E-state index in [1.807, 2.05) is 47.4 Å². The van der Waals surface area contributed by atoms with E-state index in [0.29, 0.717) is 38.8 Å². The summed E-state index contributed by atoms with van der Waals surface area (Å²) in [5.74, 6) is 2.39. The predicted octanol–water partition coefficient (Wildman–Crippen LogP) is 3.49. The molecule has 1 aliphatic heterocycles. The summed E-state index contributed by atoms with van der Waals surface area (Å²) in [5.41, 5.74) is 0.972. The fourth-order valence-corrected chi connectivity index (χ4v) is 4.81. The zero-order valence-corrected chi connectivity index (χ0v) is 17.5. The van der Waals surface area contributed by atoms with Gasteiger partial charge in [0.25, 0.3) is 0 Å². The number of thioether (sulfide) groups is 1. The monoisotopic (exact) mass is 424 g/mol. The first-order valence-electron chi connectivity index (χ1n) is 10.3. The Bertz CT molecular complexity index is 979. The first-order valence-corrected chi connectivity index (χ1v) is 11.2. The van der Waals surface area contributed by atoms with Crippen LogP contribution in [0.2, 0.25) is 0 Å². The fraction of sp³-hybridized carbons (Fsp3) is 0.409. The Morgan fingerprint density at radius 2 is 1.90 bits per heavy atom. The maximum Gasteiger partial charge on any atom is 0.240 e. The number of amides is 1. The zero-order valence-electron chi connectivity index (χ0n) is 16.6. The number of carbonyl (C=O) groups is 1. The molecule has 156 valence electrons. The van der Waals surface area contributed by atoms with E-state index in [4.69, 9.17) is 9.15 Å². The van der Waals surface area contributed by atoms with Crippen LogP contribution in [-0.2, 0) is 16.1 Å². The van der Waals surface area contributed by atoms with Crippen LogP contribution in [0.25, 0.3) is 0 Å². The summed E-state index contributed by atoms with van der Waals surface area (Å²) in [7, 11) is 0. The number of furan rings is 1. The summed E-state index contributed by atoms with van der Waals surface area (Å²) in [4.78, 5) is 15.4. The standard InChI is InChI=1S/C22H24N4O3S/c27-21(25-10-13-28-14-11-25)19(16-5-2-1-3-6-16)30-22-24-23-20(17-8-9-17)26(22)15-18-7-4-12-29-18/h1-7,12,17,19H,8-11,13-15H2/t19-/m0/s1. The number of carbonyl (C=O) groups excluding carboxylic acids is 1. The molecule has 0 bridgehead atoms. The van der Waals surface area contributed by atoms with Crippen molar-refractivity contribution in [3.05, 3.63) is 65.9 Å². The second kappa shape index (κ2) is 8.65. The fourth-order valence-electron chi connectivity index (χ4n) is 3.68. The van der Waals surface area contributed by atoms with Gasteiger partial charge in [0.05, 0.1) is 26.0 Å². The van der Waals surface area contributed by atoms with Gasteiger partial charge in [0.2, 0.25) is 5.91 Å². The molecule has 30 heavy (non-hydrogen) atoms. The molecule has 0 N–H and O–H groups in total. The van der Waals surface area contributed by atoms with Gasteiger partial charge in [-0.2, -0.15) is 0 Å². The van der Waals surface area contributed by atoms with Crippen molar-refractivity contribution in [2.75, 3.05) is 26.3 Å². The van der Waals surface area contributed by atoms with E-state index in [2.05, 4.69) is 14.8 Å². The predicted molar refractivity (Wildman–Crippen MR) is 112 cm³/mol. The molecule has 3 aromatic rings.